The van der Waals surface area contributed by atoms with Gasteiger partial charge in [-0.2, -0.15) is 5.10 Å². The number of fused-ring (bicyclic) bond motifs is 5. The summed E-state index contributed by atoms with van der Waals surface area (Å²) in [4.78, 5) is 15.0. The van der Waals surface area contributed by atoms with Crippen LogP contribution in [0.1, 0.15) is 29.7 Å². The highest BCUT2D eigenvalue weighted by Gasteiger charge is 2.46. The van der Waals surface area contributed by atoms with E-state index < -0.39 is 0 Å². The summed E-state index contributed by atoms with van der Waals surface area (Å²) in [5, 5.41) is 4.76. The largest absolute Gasteiger partial charge is 0.476 e. The molecule has 27 heavy (non-hydrogen) atoms. The van der Waals surface area contributed by atoms with E-state index in [1.165, 1.54) is 5.56 Å². The second-order valence-corrected chi connectivity index (χ2v) is 7.09. The summed E-state index contributed by atoms with van der Waals surface area (Å²) < 4.78 is 7.99. The van der Waals surface area contributed by atoms with Crippen molar-refractivity contribution in [2.75, 3.05) is 18.1 Å². The maximum absolute atomic E-state index is 13.2. The number of hydrogen-bond donors (Lipinski definition) is 0. The van der Waals surface area contributed by atoms with Crippen molar-refractivity contribution >= 4 is 11.6 Å². The van der Waals surface area contributed by atoms with Crippen LogP contribution in [0.15, 0.2) is 54.6 Å². The topological polar surface area (TPSA) is 47.4 Å². The third-order valence-electron chi connectivity index (χ3n) is 5.64. The molecular formula is C22H21N3O2. The molecule has 0 saturated heterocycles. The van der Waals surface area contributed by atoms with Crippen LogP contribution in [0, 0.1) is 12.8 Å². The van der Waals surface area contributed by atoms with Gasteiger partial charge in [-0.3, -0.25) is 4.79 Å². The lowest BCUT2D eigenvalue weighted by Gasteiger charge is -2.41. The highest BCUT2D eigenvalue weighted by molar-refractivity contribution is 6.00. The first kappa shape index (κ1) is 16.1. The Balaban J connectivity index is 1.73. The zero-order valence-electron chi connectivity index (χ0n) is 15.4. The lowest BCUT2D eigenvalue weighted by atomic mass is 9.75. The lowest BCUT2D eigenvalue weighted by molar-refractivity contribution is -0.124. The van der Waals surface area contributed by atoms with Crippen molar-refractivity contribution in [3.05, 3.63) is 71.4 Å². The Morgan fingerprint density at radius 1 is 1.11 bits per heavy atom. The van der Waals surface area contributed by atoms with Crippen LogP contribution in [-0.2, 0) is 4.79 Å². The number of anilines is 1. The van der Waals surface area contributed by atoms with Crippen LogP contribution >= 0.6 is 0 Å². The van der Waals surface area contributed by atoms with Gasteiger partial charge in [0.1, 0.15) is 6.61 Å². The van der Waals surface area contributed by atoms with Gasteiger partial charge in [0.25, 0.3) is 0 Å². The zero-order valence-corrected chi connectivity index (χ0v) is 15.4. The Morgan fingerprint density at radius 3 is 2.63 bits per heavy atom. The van der Waals surface area contributed by atoms with Gasteiger partial charge in [-0.25, -0.2) is 4.68 Å². The highest BCUT2D eigenvalue weighted by atomic mass is 16.5. The van der Waals surface area contributed by atoms with Gasteiger partial charge < -0.3 is 9.64 Å². The molecule has 3 heterocycles. The number of para-hydroxylation sites is 2. The van der Waals surface area contributed by atoms with E-state index >= 15 is 0 Å². The monoisotopic (exact) mass is 359 g/mol. The van der Waals surface area contributed by atoms with Gasteiger partial charge >= 0.3 is 0 Å². The second kappa shape index (κ2) is 5.98. The molecule has 2 aliphatic rings. The first-order valence-electron chi connectivity index (χ1n) is 9.38. The van der Waals surface area contributed by atoms with Crippen molar-refractivity contribution in [1.29, 1.82) is 0 Å². The summed E-state index contributed by atoms with van der Waals surface area (Å²) >= 11 is 0. The van der Waals surface area contributed by atoms with E-state index in [9.17, 15) is 4.79 Å². The SMILES string of the molecule is CCN1C(=O)[C@@H]2COc3c(c(C)nn3-c3ccccc3)[C@@H]2c2ccccc21. The van der Waals surface area contributed by atoms with E-state index in [-0.39, 0.29) is 17.7 Å². The Morgan fingerprint density at radius 2 is 1.85 bits per heavy atom. The third kappa shape index (κ3) is 2.24. The number of hydrogen-bond acceptors (Lipinski definition) is 3. The number of aromatic nitrogens is 2. The number of ether oxygens (including phenoxy) is 1. The van der Waals surface area contributed by atoms with E-state index in [4.69, 9.17) is 9.84 Å². The summed E-state index contributed by atoms with van der Waals surface area (Å²) in [5.41, 5.74) is 5.10. The molecule has 3 aromatic rings. The molecule has 0 fully saturated rings. The number of rotatable bonds is 2. The standard InChI is InChI=1S/C22H21N3O2/c1-3-24-18-12-8-7-11-16(18)20-17(21(24)26)13-27-22-19(20)14(2)23-25(22)15-9-5-4-6-10-15/h4-12,17,20H,3,13H2,1-2H3/t17-,20-/m1/s1. The molecule has 0 radical (unpaired) electrons. The number of carbonyl (C=O) groups is 1. The van der Waals surface area contributed by atoms with Crippen molar-refractivity contribution in [2.24, 2.45) is 5.92 Å². The van der Waals surface area contributed by atoms with Gasteiger partial charge in [-0.1, -0.05) is 36.4 Å². The first-order valence-corrected chi connectivity index (χ1v) is 9.38. The summed E-state index contributed by atoms with van der Waals surface area (Å²) in [6.45, 7) is 5.06. The van der Waals surface area contributed by atoms with Gasteiger partial charge in [-0.15, -0.1) is 0 Å². The van der Waals surface area contributed by atoms with E-state index in [0.717, 1.165) is 28.5 Å². The van der Waals surface area contributed by atoms with Crippen molar-refractivity contribution in [1.82, 2.24) is 9.78 Å². The van der Waals surface area contributed by atoms with Crippen LogP contribution in [0.4, 0.5) is 5.69 Å². The minimum Gasteiger partial charge on any atom is -0.476 e. The fourth-order valence-corrected chi connectivity index (χ4v) is 4.45. The Bertz CT molecular complexity index is 1030. The Hall–Kier alpha value is -3.08. The van der Waals surface area contributed by atoms with Gasteiger partial charge in [0.05, 0.1) is 17.3 Å². The quantitative estimate of drug-likeness (QED) is 0.701. The molecule has 1 amide bonds. The third-order valence-corrected chi connectivity index (χ3v) is 5.64. The molecule has 2 aromatic carbocycles. The van der Waals surface area contributed by atoms with Crippen LogP contribution in [-0.4, -0.2) is 28.8 Å². The average Bonchev–Trinajstić information content (AvgIpc) is 3.06. The minimum atomic E-state index is -0.209. The number of amides is 1. The molecule has 136 valence electrons. The predicted molar refractivity (Wildman–Crippen MR) is 104 cm³/mol. The molecule has 0 spiro atoms. The molecule has 0 N–H and O–H groups in total. The van der Waals surface area contributed by atoms with Crippen LogP contribution in [0.25, 0.3) is 5.69 Å². The number of carbonyl (C=O) groups excluding carboxylic acids is 1. The summed E-state index contributed by atoms with van der Waals surface area (Å²) in [7, 11) is 0. The Labute approximate surface area is 158 Å². The summed E-state index contributed by atoms with van der Waals surface area (Å²) in [6.07, 6.45) is 0. The molecule has 0 unspecified atom stereocenters. The number of benzene rings is 2. The summed E-state index contributed by atoms with van der Waals surface area (Å²) in [6, 6.07) is 18.2. The zero-order chi connectivity index (χ0) is 18.5. The van der Waals surface area contributed by atoms with Crippen molar-refractivity contribution in [2.45, 2.75) is 19.8 Å². The predicted octanol–water partition coefficient (Wildman–Crippen LogP) is 3.69. The van der Waals surface area contributed by atoms with Crippen LogP contribution in [0.3, 0.4) is 0 Å². The van der Waals surface area contributed by atoms with E-state index in [1.54, 1.807) is 0 Å². The van der Waals surface area contributed by atoms with Crippen molar-refractivity contribution in [3.8, 4) is 11.6 Å². The van der Waals surface area contributed by atoms with E-state index in [2.05, 4.69) is 6.07 Å². The van der Waals surface area contributed by atoms with Gasteiger partial charge in [0, 0.05) is 23.7 Å². The van der Waals surface area contributed by atoms with Crippen LogP contribution in [0.2, 0.25) is 0 Å². The van der Waals surface area contributed by atoms with Gasteiger partial charge in [0.2, 0.25) is 11.8 Å². The normalized spacial score (nSPS) is 20.5. The Kier molecular flexibility index (Phi) is 3.57. The smallest absolute Gasteiger partial charge is 0.234 e. The van der Waals surface area contributed by atoms with E-state index in [1.807, 2.05) is 72.0 Å². The molecule has 1 aromatic heterocycles. The minimum absolute atomic E-state index is 0.0160. The molecule has 5 nitrogen and oxygen atoms in total. The van der Waals surface area contributed by atoms with Crippen molar-refractivity contribution < 1.29 is 9.53 Å². The highest BCUT2D eigenvalue weighted by Crippen LogP contribution is 2.50. The molecular weight excluding hydrogens is 338 g/mol. The molecule has 0 bridgehead atoms. The van der Waals surface area contributed by atoms with E-state index in [0.29, 0.717) is 13.2 Å². The number of aryl methyl sites for hydroxylation is 1. The molecule has 0 saturated carbocycles. The molecule has 5 rings (SSSR count). The maximum atomic E-state index is 13.2. The number of nitrogens with zero attached hydrogens (tertiary/aromatic N) is 3. The second-order valence-electron chi connectivity index (χ2n) is 7.09. The molecule has 0 aliphatic carbocycles. The van der Waals surface area contributed by atoms with Crippen LogP contribution < -0.4 is 9.64 Å². The van der Waals surface area contributed by atoms with Gasteiger partial charge in [0.15, 0.2) is 0 Å². The van der Waals surface area contributed by atoms with Crippen molar-refractivity contribution in [3.63, 3.8) is 0 Å². The first-order chi connectivity index (χ1) is 13.2. The molecule has 5 heteroatoms. The maximum Gasteiger partial charge on any atom is 0.234 e. The van der Waals surface area contributed by atoms with Gasteiger partial charge in [-0.05, 0) is 37.6 Å². The average molecular weight is 359 g/mol. The lowest BCUT2D eigenvalue weighted by Crippen LogP contribution is -2.47. The molecule has 2 aliphatic heterocycles. The van der Waals surface area contributed by atoms with Crippen LogP contribution in [0.5, 0.6) is 5.88 Å². The fourth-order valence-electron chi connectivity index (χ4n) is 4.45. The molecule has 2 atom stereocenters. The fraction of sp³-hybridized carbons (Fsp3) is 0.273. The summed E-state index contributed by atoms with van der Waals surface area (Å²) in [5.74, 6) is 0.670.